The lowest BCUT2D eigenvalue weighted by atomic mass is 10.0. The van der Waals surface area contributed by atoms with E-state index in [1.54, 1.807) is 0 Å². The molecule has 0 unspecified atom stereocenters. The van der Waals surface area contributed by atoms with Crippen molar-refractivity contribution in [3.8, 4) is 17.3 Å². The molecule has 0 aliphatic rings. The van der Waals surface area contributed by atoms with Gasteiger partial charge in [0.15, 0.2) is 0 Å². The predicted octanol–water partition coefficient (Wildman–Crippen LogP) is 4.32. The Kier molecular flexibility index (Phi) is 2.35. The first kappa shape index (κ1) is 11.2. The maximum atomic E-state index is 8.99. The Hall–Kier alpha value is -2.64. The number of hydrogen-bond donors (Lipinski definition) is 1. The number of nitrogens with zero attached hydrogens (tertiary/aromatic N) is 2. The summed E-state index contributed by atoms with van der Waals surface area (Å²) in [6, 6.07) is 18.6. The van der Waals surface area contributed by atoms with E-state index >= 15 is 0 Å². The Morgan fingerprint density at radius 1 is 1.05 bits per heavy atom. The summed E-state index contributed by atoms with van der Waals surface area (Å²) in [6.45, 7) is 0. The molecule has 0 bridgehead atoms. The van der Waals surface area contributed by atoms with Crippen molar-refractivity contribution in [2.24, 2.45) is 0 Å². The molecule has 0 aliphatic carbocycles. The van der Waals surface area contributed by atoms with E-state index in [0.29, 0.717) is 4.88 Å². The van der Waals surface area contributed by atoms with Crippen LogP contribution in [0.5, 0.6) is 0 Å². The number of fused-ring (bicyclic) bond motifs is 2. The van der Waals surface area contributed by atoms with E-state index in [0.717, 1.165) is 21.5 Å². The predicted molar refractivity (Wildman–Crippen MR) is 81.6 cm³/mol. The molecule has 2 heterocycles. The van der Waals surface area contributed by atoms with Crippen molar-refractivity contribution < 1.29 is 0 Å². The van der Waals surface area contributed by atoms with Crippen LogP contribution in [0, 0.1) is 11.3 Å². The smallest absolute Gasteiger partial charge is 0.120 e. The topological polar surface area (TPSA) is 52.5 Å². The summed E-state index contributed by atoms with van der Waals surface area (Å²) in [5, 5.41) is 19.8. The van der Waals surface area contributed by atoms with Crippen molar-refractivity contribution >= 4 is 32.3 Å². The highest BCUT2D eigenvalue weighted by molar-refractivity contribution is 7.19. The zero-order valence-corrected chi connectivity index (χ0v) is 11.2. The Morgan fingerprint density at radius 2 is 1.90 bits per heavy atom. The van der Waals surface area contributed by atoms with Crippen molar-refractivity contribution in [2.75, 3.05) is 0 Å². The van der Waals surface area contributed by atoms with Crippen LogP contribution in [0.15, 0.2) is 48.5 Å². The molecule has 0 spiro atoms. The van der Waals surface area contributed by atoms with Crippen molar-refractivity contribution in [2.45, 2.75) is 0 Å². The van der Waals surface area contributed by atoms with Crippen LogP contribution < -0.4 is 0 Å². The lowest BCUT2D eigenvalue weighted by Gasteiger charge is -2.01. The van der Waals surface area contributed by atoms with Crippen LogP contribution in [0.4, 0.5) is 0 Å². The molecule has 0 amide bonds. The van der Waals surface area contributed by atoms with Crippen molar-refractivity contribution in [3.05, 3.63) is 53.4 Å². The number of hydrogen-bond acceptors (Lipinski definition) is 3. The Bertz CT molecular complexity index is 972. The van der Waals surface area contributed by atoms with E-state index in [1.807, 2.05) is 18.2 Å². The van der Waals surface area contributed by atoms with Crippen LogP contribution in [0.1, 0.15) is 4.88 Å². The standard InChI is InChI=1S/C16H9N3S/c17-9-13-8-14-15(18-19-16(14)20-13)12-6-5-10-3-1-2-4-11(10)7-12/h1-8H,(H,18,19). The number of H-pyrrole nitrogens is 1. The first-order chi connectivity index (χ1) is 9.85. The summed E-state index contributed by atoms with van der Waals surface area (Å²) in [7, 11) is 0. The molecule has 20 heavy (non-hydrogen) atoms. The first-order valence-corrected chi connectivity index (χ1v) is 7.04. The lowest BCUT2D eigenvalue weighted by Crippen LogP contribution is -1.80. The SMILES string of the molecule is N#Cc1cc2c(-c3ccc4ccccc4c3)n[nH]c2s1. The maximum absolute atomic E-state index is 8.99. The Morgan fingerprint density at radius 3 is 2.75 bits per heavy atom. The Balaban J connectivity index is 1.96. The fraction of sp³-hybridized carbons (Fsp3) is 0. The van der Waals surface area contributed by atoms with Gasteiger partial charge in [-0.1, -0.05) is 36.4 Å². The van der Waals surface area contributed by atoms with Crippen LogP contribution in [0.25, 0.3) is 32.2 Å². The van der Waals surface area contributed by atoms with E-state index in [4.69, 9.17) is 5.26 Å². The van der Waals surface area contributed by atoms with Gasteiger partial charge in [0.05, 0.1) is 0 Å². The molecular weight excluding hydrogens is 266 g/mol. The largest absolute Gasteiger partial charge is 0.267 e. The number of nitriles is 1. The third-order valence-corrected chi connectivity index (χ3v) is 4.33. The molecule has 0 saturated carbocycles. The molecule has 4 heteroatoms. The number of thiophene rings is 1. The highest BCUT2D eigenvalue weighted by atomic mass is 32.1. The molecule has 2 aromatic carbocycles. The molecule has 0 atom stereocenters. The van der Waals surface area contributed by atoms with Gasteiger partial charge in [-0.3, -0.25) is 5.10 Å². The number of nitrogens with one attached hydrogen (secondary N) is 1. The van der Waals surface area contributed by atoms with E-state index in [1.165, 1.54) is 22.1 Å². The highest BCUT2D eigenvalue weighted by Gasteiger charge is 2.12. The van der Waals surface area contributed by atoms with Gasteiger partial charge in [0.1, 0.15) is 21.5 Å². The monoisotopic (exact) mass is 275 g/mol. The van der Waals surface area contributed by atoms with Crippen LogP contribution in [0.3, 0.4) is 0 Å². The van der Waals surface area contributed by atoms with E-state index in [-0.39, 0.29) is 0 Å². The van der Waals surface area contributed by atoms with Gasteiger partial charge >= 0.3 is 0 Å². The molecule has 4 rings (SSSR count). The summed E-state index contributed by atoms with van der Waals surface area (Å²) in [4.78, 5) is 1.65. The molecule has 3 nitrogen and oxygen atoms in total. The lowest BCUT2D eigenvalue weighted by molar-refractivity contribution is 1.13. The number of aromatic amines is 1. The van der Waals surface area contributed by atoms with Crippen LogP contribution in [-0.2, 0) is 0 Å². The maximum Gasteiger partial charge on any atom is 0.120 e. The zero-order valence-electron chi connectivity index (χ0n) is 10.4. The Labute approximate surface area is 119 Å². The fourth-order valence-electron chi connectivity index (χ4n) is 2.43. The van der Waals surface area contributed by atoms with Gasteiger partial charge in [-0.2, -0.15) is 10.4 Å². The van der Waals surface area contributed by atoms with Gasteiger partial charge in [-0.05, 0) is 22.9 Å². The van der Waals surface area contributed by atoms with Crippen molar-refractivity contribution in [3.63, 3.8) is 0 Å². The molecule has 0 fully saturated rings. The third kappa shape index (κ3) is 1.61. The summed E-state index contributed by atoms with van der Waals surface area (Å²) < 4.78 is 0. The van der Waals surface area contributed by atoms with E-state index < -0.39 is 0 Å². The average Bonchev–Trinajstić information content (AvgIpc) is 3.06. The van der Waals surface area contributed by atoms with Gasteiger partial charge in [0, 0.05) is 10.9 Å². The molecular formula is C16H9N3S. The normalized spacial score (nSPS) is 10.9. The average molecular weight is 275 g/mol. The summed E-state index contributed by atoms with van der Waals surface area (Å²) in [6.07, 6.45) is 0. The highest BCUT2D eigenvalue weighted by Crippen LogP contribution is 2.33. The molecule has 0 radical (unpaired) electrons. The van der Waals surface area contributed by atoms with Gasteiger partial charge < -0.3 is 0 Å². The van der Waals surface area contributed by atoms with Crippen LogP contribution in [-0.4, -0.2) is 10.2 Å². The number of rotatable bonds is 1. The zero-order chi connectivity index (χ0) is 13.5. The molecule has 4 aromatic rings. The quantitative estimate of drug-likeness (QED) is 0.562. The second kappa shape index (κ2) is 4.19. The second-order valence-electron chi connectivity index (χ2n) is 4.60. The summed E-state index contributed by atoms with van der Waals surface area (Å²) >= 11 is 1.44. The molecule has 94 valence electrons. The number of benzene rings is 2. The minimum Gasteiger partial charge on any atom is -0.267 e. The molecule has 0 aliphatic heterocycles. The molecule has 2 aromatic heterocycles. The van der Waals surface area contributed by atoms with E-state index in [9.17, 15) is 0 Å². The van der Waals surface area contributed by atoms with E-state index in [2.05, 4.69) is 46.6 Å². The van der Waals surface area contributed by atoms with Crippen LogP contribution >= 0.6 is 11.3 Å². The second-order valence-corrected chi connectivity index (χ2v) is 5.65. The van der Waals surface area contributed by atoms with Gasteiger partial charge in [-0.25, -0.2) is 0 Å². The minimum atomic E-state index is 0.704. The minimum absolute atomic E-state index is 0.704. The van der Waals surface area contributed by atoms with Crippen molar-refractivity contribution in [1.29, 1.82) is 5.26 Å². The van der Waals surface area contributed by atoms with Gasteiger partial charge in [-0.15, -0.1) is 11.3 Å². The van der Waals surface area contributed by atoms with Crippen LogP contribution in [0.2, 0.25) is 0 Å². The molecule has 1 N–H and O–H groups in total. The van der Waals surface area contributed by atoms with Crippen molar-refractivity contribution in [1.82, 2.24) is 10.2 Å². The number of aromatic nitrogens is 2. The summed E-state index contributed by atoms with van der Waals surface area (Å²) in [5.74, 6) is 0. The first-order valence-electron chi connectivity index (χ1n) is 6.22. The van der Waals surface area contributed by atoms with Gasteiger partial charge in [0.25, 0.3) is 0 Å². The fourth-order valence-corrected chi connectivity index (χ4v) is 3.23. The third-order valence-electron chi connectivity index (χ3n) is 3.39. The van der Waals surface area contributed by atoms with Gasteiger partial charge in [0.2, 0.25) is 0 Å². The summed E-state index contributed by atoms with van der Waals surface area (Å²) in [5.41, 5.74) is 1.97. The molecule has 0 saturated heterocycles.